The van der Waals surface area contributed by atoms with Crippen molar-refractivity contribution in [1.82, 2.24) is 9.80 Å². The molecule has 0 saturated carbocycles. The van der Waals surface area contributed by atoms with Crippen molar-refractivity contribution in [2.24, 2.45) is 0 Å². The van der Waals surface area contributed by atoms with Crippen LogP contribution in [-0.2, 0) is 27.5 Å². The Bertz CT molecular complexity index is 1030. The summed E-state index contributed by atoms with van der Waals surface area (Å²) in [6, 6.07) is 6.98. The van der Waals surface area contributed by atoms with Gasteiger partial charge in [0, 0.05) is 18.5 Å². The zero-order chi connectivity index (χ0) is 25.3. The van der Waals surface area contributed by atoms with E-state index in [4.69, 9.17) is 14.5 Å². The first kappa shape index (κ1) is 26.6. The Labute approximate surface area is 192 Å². The fraction of sp³-hybridized carbons (Fsp3) is 0.471. The summed E-state index contributed by atoms with van der Waals surface area (Å²) in [5.74, 6) is -1.14. The third-order valence-electron chi connectivity index (χ3n) is 5.00. The van der Waals surface area contributed by atoms with Gasteiger partial charge in [0.25, 0.3) is 0 Å². The van der Waals surface area contributed by atoms with Gasteiger partial charge in [-0.25, -0.2) is 13.9 Å². The fourth-order valence-electron chi connectivity index (χ4n) is 3.41. The highest BCUT2D eigenvalue weighted by Gasteiger charge is 2.50. The van der Waals surface area contributed by atoms with Crippen LogP contribution in [-0.4, -0.2) is 96.7 Å². The van der Waals surface area contributed by atoms with Gasteiger partial charge in [-0.3, -0.25) is 23.9 Å². The summed E-state index contributed by atoms with van der Waals surface area (Å²) in [7, 11) is -10.6. The van der Waals surface area contributed by atoms with Crippen molar-refractivity contribution in [2.45, 2.75) is 31.0 Å². The summed E-state index contributed by atoms with van der Waals surface area (Å²) in [6.07, 6.45) is -6.72. The van der Waals surface area contributed by atoms with Gasteiger partial charge in [-0.1, -0.05) is 30.3 Å². The second-order valence-corrected chi connectivity index (χ2v) is 10.2. The summed E-state index contributed by atoms with van der Waals surface area (Å²) in [5.41, 5.74) is 0.274. The smallest absolute Gasteiger partial charge is 0.387 e. The number of carbonyl (C=O) groups is 3. The van der Waals surface area contributed by atoms with Crippen molar-refractivity contribution < 1.29 is 62.0 Å². The number of amides is 3. The van der Waals surface area contributed by atoms with Gasteiger partial charge in [-0.15, -0.1) is 0 Å². The maximum Gasteiger partial charge on any atom is 0.481 e. The first-order chi connectivity index (χ1) is 15.8. The molecule has 0 radical (unpaired) electrons. The number of rotatable bonds is 9. The van der Waals surface area contributed by atoms with Gasteiger partial charge in [-0.2, -0.15) is 4.31 Å². The Balaban J connectivity index is 1.67. The van der Waals surface area contributed by atoms with Crippen LogP contribution in [0.1, 0.15) is 16.8 Å². The van der Waals surface area contributed by atoms with Crippen molar-refractivity contribution in [2.75, 3.05) is 19.7 Å². The molecule has 5 N–H and O–H groups in total. The number of urea groups is 1. The summed E-state index contributed by atoms with van der Waals surface area (Å²) in [4.78, 5) is 65.8. The second kappa shape index (κ2) is 10.3. The van der Waals surface area contributed by atoms with Crippen molar-refractivity contribution in [3.05, 3.63) is 35.9 Å². The molecule has 0 bridgehead atoms. The molecule has 5 unspecified atom stereocenters. The highest BCUT2D eigenvalue weighted by Crippen LogP contribution is 2.57. The molecule has 0 aliphatic carbocycles. The highest BCUT2D eigenvalue weighted by molar-refractivity contribution is 7.60. The van der Waals surface area contributed by atoms with Crippen molar-refractivity contribution in [3.63, 3.8) is 0 Å². The molecule has 3 rings (SSSR count). The highest BCUT2D eigenvalue weighted by atomic mass is 31.3. The molecule has 1 aromatic carbocycles. The number of ketones is 1. The summed E-state index contributed by atoms with van der Waals surface area (Å²) in [5, 5.41) is 20.5. The van der Waals surface area contributed by atoms with Crippen LogP contribution in [0.5, 0.6) is 0 Å². The molecular weight excluding hydrogens is 502 g/mol. The van der Waals surface area contributed by atoms with Gasteiger partial charge in [-0.05, 0) is 0 Å². The van der Waals surface area contributed by atoms with Gasteiger partial charge in [0.15, 0.2) is 12.0 Å². The molecule has 1 aromatic rings. The molecule has 15 nitrogen and oxygen atoms in total. The van der Waals surface area contributed by atoms with Crippen LogP contribution in [0, 0.1) is 0 Å². The van der Waals surface area contributed by atoms with Crippen molar-refractivity contribution in [3.8, 4) is 0 Å². The number of ether oxygens (including phenoxy) is 1. The number of Topliss-reactive ketones (excluding diaryl/α,β-unsaturated/α-hetero) is 1. The SMILES string of the molecule is O=C(CN1C(=O)CCN(C2OC(COP(=O)(O)OP(=O)(O)O)C(O)C2O)C1=O)c1ccccc1. The lowest BCUT2D eigenvalue weighted by Crippen LogP contribution is -2.59. The summed E-state index contributed by atoms with van der Waals surface area (Å²) in [6.45, 7) is -1.72. The molecule has 0 aromatic heterocycles. The molecule has 34 heavy (non-hydrogen) atoms. The second-order valence-electron chi connectivity index (χ2n) is 7.38. The van der Waals surface area contributed by atoms with E-state index >= 15 is 0 Å². The minimum atomic E-state index is -5.37. The molecule has 2 aliphatic rings. The monoisotopic (exact) mass is 524 g/mol. The third-order valence-corrected chi connectivity index (χ3v) is 7.15. The quantitative estimate of drug-likeness (QED) is 0.197. The van der Waals surface area contributed by atoms with Crippen LogP contribution in [0.15, 0.2) is 30.3 Å². The maximum atomic E-state index is 12.9. The number of phosphoric ester groups is 1. The fourth-order valence-corrected chi connectivity index (χ4v) is 5.01. The number of imide groups is 1. The predicted octanol–water partition coefficient (Wildman–Crippen LogP) is -0.803. The van der Waals surface area contributed by atoms with Gasteiger partial charge >= 0.3 is 21.7 Å². The topological polar surface area (TPSA) is 221 Å². The van der Waals surface area contributed by atoms with E-state index in [0.29, 0.717) is 4.90 Å². The van der Waals surface area contributed by atoms with Gasteiger partial charge in [0.1, 0.15) is 18.3 Å². The Hall–Kier alpha value is -2.03. The van der Waals surface area contributed by atoms with Gasteiger partial charge in [0.2, 0.25) is 5.91 Å². The molecule has 2 fully saturated rings. The van der Waals surface area contributed by atoms with Gasteiger partial charge < -0.3 is 29.6 Å². The number of nitrogens with zero attached hydrogens (tertiary/aromatic N) is 2. The van der Waals surface area contributed by atoms with E-state index in [1.807, 2.05) is 0 Å². The van der Waals surface area contributed by atoms with Crippen molar-refractivity contribution >= 4 is 33.4 Å². The zero-order valence-corrected chi connectivity index (χ0v) is 19.1. The standard InChI is InChI=1S/C17H22N2O13P2/c20-11(10-4-2-1-3-5-10)8-19-13(21)6-7-18(17(19)24)16-15(23)14(22)12(31-16)9-30-34(28,29)32-33(25,26)27/h1-5,12,14-16,22-23H,6-9H2,(H,28,29)(H2,25,26,27). The minimum Gasteiger partial charge on any atom is -0.387 e. The van der Waals surface area contributed by atoms with Crippen LogP contribution in [0.2, 0.25) is 0 Å². The van der Waals surface area contributed by atoms with E-state index in [1.54, 1.807) is 18.2 Å². The Morgan fingerprint density at radius 1 is 1.09 bits per heavy atom. The normalized spacial score (nSPS) is 27.7. The van der Waals surface area contributed by atoms with E-state index in [9.17, 15) is 38.6 Å². The molecule has 188 valence electrons. The molecule has 0 spiro atoms. The Kier molecular flexibility index (Phi) is 8.05. The lowest BCUT2D eigenvalue weighted by Gasteiger charge is -2.37. The van der Waals surface area contributed by atoms with E-state index in [1.165, 1.54) is 12.1 Å². The number of benzene rings is 1. The average molecular weight is 524 g/mol. The first-order valence-electron chi connectivity index (χ1n) is 9.74. The maximum absolute atomic E-state index is 12.9. The largest absolute Gasteiger partial charge is 0.481 e. The van der Waals surface area contributed by atoms with Crippen LogP contribution >= 0.6 is 15.6 Å². The molecule has 2 aliphatic heterocycles. The Morgan fingerprint density at radius 3 is 2.35 bits per heavy atom. The first-order valence-corrected chi connectivity index (χ1v) is 12.8. The summed E-state index contributed by atoms with van der Waals surface area (Å²) < 4.78 is 35.7. The minimum absolute atomic E-state index is 0.209. The van der Waals surface area contributed by atoms with E-state index in [0.717, 1.165) is 4.90 Å². The molecule has 2 heterocycles. The van der Waals surface area contributed by atoms with Crippen LogP contribution < -0.4 is 0 Å². The molecule has 17 heteroatoms. The lowest BCUT2D eigenvalue weighted by atomic mass is 10.1. The van der Waals surface area contributed by atoms with Crippen LogP contribution in [0.4, 0.5) is 4.79 Å². The van der Waals surface area contributed by atoms with E-state index < -0.39 is 71.1 Å². The van der Waals surface area contributed by atoms with Gasteiger partial charge in [0.05, 0.1) is 13.2 Å². The van der Waals surface area contributed by atoms with Crippen molar-refractivity contribution in [1.29, 1.82) is 0 Å². The van der Waals surface area contributed by atoms with E-state index in [2.05, 4.69) is 8.83 Å². The predicted molar refractivity (Wildman–Crippen MR) is 109 cm³/mol. The number of phosphoric acid groups is 2. The third kappa shape index (κ3) is 6.34. The number of aliphatic hydroxyl groups is 2. The Morgan fingerprint density at radius 2 is 1.74 bits per heavy atom. The molecular formula is C17H22N2O13P2. The lowest BCUT2D eigenvalue weighted by molar-refractivity contribution is -0.136. The van der Waals surface area contributed by atoms with Crippen LogP contribution in [0.3, 0.4) is 0 Å². The molecule has 2 saturated heterocycles. The number of hydrogen-bond donors (Lipinski definition) is 5. The molecule has 3 amide bonds. The number of carbonyl (C=O) groups excluding carboxylic acids is 3. The molecule has 5 atom stereocenters. The van der Waals surface area contributed by atoms with E-state index in [-0.39, 0.29) is 18.5 Å². The zero-order valence-electron chi connectivity index (χ0n) is 17.3. The van der Waals surface area contributed by atoms with Crippen LogP contribution in [0.25, 0.3) is 0 Å². The summed E-state index contributed by atoms with van der Waals surface area (Å²) >= 11 is 0. The number of aliphatic hydroxyl groups excluding tert-OH is 2. The average Bonchev–Trinajstić information content (AvgIpc) is 3.02. The number of hydrogen-bond acceptors (Lipinski definition) is 10.